The van der Waals surface area contributed by atoms with Crippen LogP contribution in [-0.4, -0.2) is 30.3 Å². The van der Waals surface area contributed by atoms with E-state index in [-0.39, 0.29) is 12.5 Å². The van der Waals surface area contributed by atoms with Crippen LogP contribution >= 0.6 is 11.3 Å². The lowest BCUT2D eigenvalue weighted by atomic mass is 10.2. The highest BCUT2D eigenvalue weighted by atomic mass is 32.1. The Morgan fingerprint density at radius 3 is 2.57 bits per heavy atom. The van der Waals surface area contributed by atoms with E-state index in [4.69, 9.17) is 5.73 Å². The number of likely N-dealkylation sites (N-methyl/N-ethyl adjacent to an activating group) is 1. The molecule has 0 bridgehead atoms. The Bertz CT molecular complexity index is 608. The van der Waals surface area contributed by atoms with Gasteiger partial charge in [-0.05, 0) is 42.8 Å². The van der Waals surface area contributed by atoms with Crippen LogP contribution in [0, 0.1) is 0 Å². The summed E-state index contributed by atoms with van der Waals surface area (Å²) in [6.07, 6.45) is 0. The zero-order chi connectivity index (χ0) is 15.2. The fourth-order valence-corrected chi connectivity index (χ4v) is 2.63. The van der Waals surface area contributed by atoms with E-state index in [2.05, 4.69) is 5.32 Å². The summed E-state index contributed by atoms with van der Waals surface area (Å²) >= 11 is 1.64. The molecular weight excluding hydrogens is 286 g/mol. The molecule has 5 nitrogen and oxygen atoms in total. The number of nitrogens with zero attached hydrogens (tertiary/aromatic N) is 1. The zero-order valence-electron chi connectivity index (χ0n) is 11.7. The molecule has 110 valence electrons. The van der Waals surface area contributed by atoms with Crippen molar-refractivity contribution in [2.75, 3.05) is 19.3 Å². The van der Waals surface area contributed by atoms with Crippen LogP contribution in [0.15, 0.2) is 41.8 Å². The van der Waals surface area contributed by atoms with Crippen LogP contribution in [0.1, 0.15) is 15.2 Å². The van der Waals surface area contributed by atoms with Gasteiger partial charge in [-0.2, -0.15) is 0 Å². The lowest BCUT2D eigenvalue weighted by molar-refractivity contribution is -0.121. The van der Waals surface area contributed by atoms with Crippen molar-refractivity contribution in [3.05, 3.63) is 52.2 Å². The summed E-state index contributed by atoms with van der Waals surface area (Å²) in [7, 11) is 1.84. The number of nitrogens with two attached hydrogens (primary N) is 1. The van der Waals surface area contributed by atoms with Crippen molar-refractivity contribution in [1.29, 1.82) is 0 Å². The molecule has 0 saturated heterocycles. The minimum absolute atomic E-state index is 0.165. The summed E-state index contributed by atoms with van der Waals surface area (Å²) in [4.78, 5) is 26.7. The van der Waals surface area contributed by atoms with Gasteiger partial charge in [0.25, 0.3) is 5.91 Å². The molecule has 2 amide bonds. The second-order valence-corrected chi connectivity index (χ2v) is 5.78. The zero-order valence-corrected chi connectivity index (χ0v) is 12.5. The summed E-state index contributed by atoms with van der Waals surface area (Å²) in [5, 5.41) is 4.36. The van der Waals surface area contributed by atoms with Gasteiger partial charge in [-0.25, -0.2) is 0 Å². The Morgan fingerprint density at radius 2 is 1.95 bits per heavy atom. The molecule has 0 saturated carbocycles. The first-order valence-corrected chi connectivity index (χ1v) is 7.33. The summed E-state index contributed by atoms with van der Waals surface area (Å²) in [5.74, 6) is -0.736. The molecule has 1 aromatic heterocycles. The summed E-state index contributed by atoms with van der Waals surface area (Å²) < 4.78 is 0. The van der Waals surface area contributed by atoms with Crippen molar-refractivity contribution in [2.45, 2.75) is 6.54 Å². The first-order chi connectivity index (χ1) is 10.0. The average molecular weight is 303 g/mol. The number of benzene rings is 1. The Balaban J connectivity index is 1.83. The van der Waals surface area contributed by atoms with Crippen molar-refractivity contribution in [3.63, 3.8) is 0 Å². The second-order valence-electron chi connectivity index (χ2n) is 4.75. The Kier molecular flexibility index (Phi) is 5.08. The maximum atomic E-state index is 11.9. The molecule has 2 aromatic rings. The standard InChI is InChI=1S/C15H17N3O2S/c1-18(9-13-3-2-8-21-13)10-14(19)17-15(20)11-4-6-12(16)7-5-11/h2-8H,9-10,16H2,1H3,(H,17,19,20). The molecule has 3 N–H and O–H groups in total. The number of nitrogens with one attached hydrogen (secondary N) is 1. The van der Waals surface area contributed by atoms with E-state index >= 15 is 0 Å². The second kappa shape index (κ2) is 7.01. The van der Waals surface area contributed by atoms with E-state index in [9.17, 15) is 9.59 Å². The molecular formula is C15H17N3O2S. The predicted octanol–water partition coefficient (Wildman–Crippen LogP) is 1.72. The number of nitrogen functional groups attached to an aromatic ring is 1. The normalized spacial score (nSPS) is 10.6. The SMILES string of the molecule is CN(CC(=O)NC(=O)c1ccc(N)cc1)Cc1cccs1. The number of carbonyl (C=O) groups is 2. The molecule has 0 radical (unpaired) electrons. The highest BCUT2D eigenvalue weighted by Gasteiger charge is 2.12. The molecule has 1 aromatic carbocycles. The molecule has 1 heterocycles. The van der Waals surface area contributed by atoms with E-state index in [0.29, 0.717) is 17.8 Å². The third-order valence-electron chi connectivity index (χ3n) is 2.85. The largest absolute Gasteiger partial charge is 0.399 e. The van der Waals surface area contributed by atoms with Gasteiger partial charge in [0.1, 0.15) is 0 Å². The number of anilines is 1. The quantitative estimate of drug-likeness (QED) is 0.825. The fraction of sp³-hybridized carbons (Fsp3) is 0.200. The van der Waals surface area contributed by atoms with Gasteiger partial charge in [0, 0.05) is 22.7 Å². The van der Waals surface area contributed by atoms with E-state index in [0.717, 1.165) is 0 Å². The molecule has 0 spiro atoms. The van der Waals surface area contributed by atoms with Gasteiger partial charge in [0.2, 0.25) is 5.91 Å². The topological polar surface area (TPSA) is 75.4 Å². The number of hydrogen-bond acceptors (Lipinski definition) is 5. The van der Waals surface area contributed by atoms with Crippen molar-refractivity contribution in [1.82, 2.24) is 10.2 Å². The van der Waals surface area contributed by atoms with Crippen LogP contribution in [0.3, 0.4) is 0 Å². The maximum Gasteiger partial charge on any atom is 0.257 e. The van der Waals surface area contributed by atoms with Gasteiger partial charge < -0.3 is 5.73 Å². The molecule has 0 fully saturated rings. The van der Waals surface area contributed by atoms with E-state index < -0.39 is 5.91 Å². The first-order valence-electron chi connectivity index (χ1n) is 6.45. The van der Waals surface area contributed by atoms with Crippen LogP contribution in [0.2, 0.25) is 0 Å². The van der Waals surface area contributed by atoms with Crippen LogP contribution in [-0.2, 0) is 11.3 Å². The van der Waals surface area contributed by atoms with Gasteiger partial charge in [-0.15, -0.1) is 11.3 Å². The minimum Gasteiger partial charge on any atom is -0.399 e. The Labute approximate surface area is 127 Å². The van der Waals surface area contributed by atoms with Crippen molar-refractivity contribution in [3.8, 4) is 0 Å². The summed E-state index contributed by atoms with van der Waals surface area (Å²) in [5.41, 5.74) is 6.55. The molecule has 0 aliphatic heterocycles. The van der Waals surface area contributed by atoms with Crippen molar-refractivity contribution >= 4 is 28.8 Å². The number of hydrogen-bond donors (Lipinski definition) is 2. The minimum atomic E-state index is -0.412. The smallest absolute Gasteiger partial charge is 0.257 e. The van der Waals surface area contributed by atoms with E-state index in [1.165, 1.54) is 4.88 Å². The van der Waals surface area contributed by atoms with Crippen LogP contribution in [0.25, 0.3) is 0 Å². The molecule has 0 aliphatic rings. The average Bonchev–Trinajstić information content (AvgIpc) is 2.91. The lowest BCUT2D eigenvalue weighted by Crippen LogP contribution is -2.38. The Morgan fingerprint density at radius 1 is 1.24 bits per heavy atom. The first kappa shape index (κ1) is 15.2. The number of rotatable bonds is 5. The number of carbonyl (C=O) groups excluding carboxylic acids is 2. The van der Waals surface area contributed by atoms with Gasteiger partial charge >= 0.3 is 0 Å². The third kappa shape index (κ3) is 4.70. The van der Waals surface area contributed by atoms with Gasteiger partial charge in [-0.3, -0.25) is 19.8 Å². The van der Waals surface area contributed by atoms with Crippen LogP contribution in [0.4, 0.5) is 5.69 Å². The lowest BCUT2D eigenvalue weighted by Gasteiger charge is -2.14. The van der Waals surface area contributed by atoms with E-state index in [1.54, 1.807) is 35.6 Å². The highest BCUT2D eigenvalue weighted by Crippen LogP contribution is 2.10. The number of amides is 2. The highest BCUT2D eigenvalue weighted by molar-refractivity contribution is 7.09. The summed E-state index contributed by atoms with van der Waals surface area (Å²) in [6, 6.07) is 10.4. The van der Waals surface area contributed by atoms with Crippen LogP contribution < -0.4 is 11.1 Å². The van der Waals surface area contributed by atoms with Gasteiger partial charge in [-0.1, -0.05) is 6.07 Å². The predicted molar refractivity (Wildman–Crippen MR) is 84.0 cm³/mol. The summed E-state index contributed by atoms with van der Waals surface area (Å²) in [6.45, 7) is 0.847. The Hall–Kier alpha value is -2.18. The molecule has 2 rings (SSSR count). The van der Waals surface area contributed by atoms with Gasteiger partial charge in [0.05, 0.1) is 6.54 Å². The molecule has 6 heteroatoms. The molecule has 0 unspecified atom stereocenters. The van der Waals surface area contributed by atoms with Gasteiger partial charge in [0.15, 0.2) is 0 Å². The van der Waals surface area contributed by atoms with Crippen molar-refractivity contribution in [2.24, 2.45) is 0 Å². The maximum absolute atomic E-state index is 11.9. The molecule has 21 heavy (non-hydrogen) atoms. The fourth-order valence-electron chi connectivity index (χ4n) is 1.84. The van der Waals surface area contributed by atoms with Crippen molar-refractivity contribution < 1.29 is 9.59 Å². The monoisotopic (exact) mass is 303 g/mol. The van der Waals surface area contributed by atoms with E-state index in [1.807, 2.05) is 29.5 Å². The van der Waals surface area contributed by atoms with Crippen LogP contribution in [0.5, 0.6) is 0 Å². The number of thiophene rings is 1. The molecule has 0 atom stereocenters. The molecule has 0 aliphatic carbocycles. The number of imide groups is 1. The third-order valence-corrected chi connectivity index (χ3v) is 3.71.